The van der Waals surface area contributed by atoms with Crippen molar-refractivity contribution < 1.29 is 9.53 Å². The van der Waals surface area contributed by atoms with E-state index in [0.717, 1.165) is 11.4 Å². The number of hydrogen-bond acceptors (Lipinski definition) is 5. The first-order valence-electron chi connectivity index (χ1n) is 4.65. The molecule has 0 bridgehead atoms. The van der Waals surface area contributed by atoms with Crippen LogP contribution < -0.4 is 0 Å². The molecule has 0 fully saturated rings. The zero-order valence-electron chi connectivity index (χ0n) is 9.14. The van der Waals surface area contributed by atoms with Gasteiger partial charge in [0.2, 0.25) is 0 Å². The lowest BCUT2D eigenvalue weighted by Gasteiger charge is -2.07. The Labute approximate surface area is 93.2 Å². The molecule has 15 heavy (non-hydrogen) atoms. The number of thioether (sulfide) groups is 1. The topological polar surface area (TPSA) is 57.0 Å². The molecule has 6 heteroatoms. The van der Waals surface area contributed by atoms with Gasteiger partial charge in [-0.3, -0.25) is 9.48 Å². The number of esters is 1. The SMILES string of the molecule is COC(=O)CC(C)SCc1cn(C)nn1. The molecule has 0 aliphatic carbocycles. The molecule has 1 aromatic heterocycles. The number of methoxy groups -OCH3 is 1. The molecule has 0 aliphatic heterocycles. The first kappa shape index (κ1) is 12.0. The van der Waals surface area contributed by atoms with Crippen molar-refractivity contribution in [2.24, 2.45) is 7.05 Å². The molecule has 1 unspecified atom stereocenters. The van der Waals surface area contributed by atoms with Crippen molar-refractivity contribution in [1.82, 2.24) is 15.0 Å². The summed E-state index contributed by atoms with van der Waals surface area (Å²) in [4.78, 5) is 11.0. The summed E-state index contributed by atoms with van der Waals surface area (Å²) in [5, 5.41) is 8.03. The van der Waals surface area contributed by atoms with Crippen molar-refractivity contribution >= 4 is 17.7 Å². The van der Waals surface area contributed by atoms with E-state index in [1.165, 1.54) is 7.11 Å². The first-order valence-corrected chi connectivity index (χ1v) is 5.70. The Morgan fingerprint density at radius 3 is 3.00 bits per heavy atom. The van der Waals surface area contributed by atoms with Crippen LogP contribution in [0.25, 0.3) is 0 Å². The lowest BCUT2D eigenvalue weighted by atomic mass is 10.3. The number of ether oxygens (including phenoxy) is 1. The van der Waals surface area contributed by atoms with Gasteiger partial charge in [0.1, 0.15) is 0 Å². The van der Waals surface area contributed by atoms with Gasteiger partial charge in [-0.1, -0.05) is 12.1 Å². The maximum atomic E-state index is 11.0. The highest BCUT2D eigenvalue weighted by Gasteiger charge is 2.10. The number of nitrogens with zero attached hydrogens (tertiary/aromatic N) is 3. The molecule has 0 amide bonds. The summed E-state index contributed by atoms with van der Waals surface area (Å²) in [5.41, 5.74) is 0.930. The maximum absolute atomic E-state index is 11.0. The van der Waals surface area contributed by atoms with Gasteiger partial charge < -0.3 is 4.74 Å². The molecule has 0 saturated carbocycles. The second-order valence-electron chi connectivity index (χ2n) is 3.29. The van der Waals surface area contributed by atoms with Crippen molar-refractivity contribution in [3.8, 4) is 0 Å². The number of aryl methyl sites for hydroxylation is 1. The van der Waals surface area contributed by atoms with Crippen molar-refractivity contribution in [3.05, 3.63) is 11.9 Å². The van der Waals surface area contributed by atoms with Gasteiger partial charge in [0.15, 0.2) is 0 Å². The quantitative estimate of drug-likeness (QED) is 0.705. The Kier molecular flexibility index (Phi) is 4.61. The summed E-state index contributed by atoms with van der Waals surface area (Å²) in [6.45, 7) is 2.00. The standard InChI is InChI=1S/C9H15N3O2S/c1-7(4-9(13)14-3)15-6-8-5-12(2)11-10-8/h5,7H,4,6H2,1-3H3. The van der Waals surface area contributed by atoms with Crippen molar-refractivity contribution in [1.29, 1.82) is 0 Å². The maximum Gasteiger partial charge on any atom is 0.306 e. The number of carbonyl (C=O) groups excluding carboxylic acids is 1. The highest BCUT2D eigenvalue weighted by Crippen LogP contribution is 2.18. The molecule has 0 spiro atoms. The Balaban J connectivity index is 2.28. The summed E-state index contributed by atoms with van der Waals surface area (Å²) in [6.07, 6.45) is 2.30. The van der Waals surface area contributed by atoms with Crippen LogP contribution in [0.1, 0.15) is 19.0 Å². The number of hydrogen-bond donors (Lipinski definition) is 0. The minimum Gasteiger partial charge on any atom is -0.469 e. The van der Waals surface area contributed by atoms with Crippen LogP contribution >= 0.6 is 11.8 Å². The average Bonchev–Trinajstić information content (AvgIpc) is 2.61. The fourth-order valence-electron chi connectivity index (χ4n) is 1.07. The summed E-state index contributed by atoms with van der Waals surface area (Å²) in [6, 6.07) is 0. The highest BCUT2D eigenvalue weighted by atomic mass is 32.2. The average molecular weight is 229 g/mol. The van der Waals surface area contributed by atoms with Crippen molar-refractivity contribution in [3.63, 3.8) is 0 Å². The number of aromatic nitrogens is 3. The van der Waals surface area contributed by atoms with Crippen molar-refractivity contribution in [2.45, 2.75) is 24.3 Å². The van der Waals surface area contributed by atoms with Crippen LogP contribution in [0, 0.1) is 0 Å². The van der Waals surface area contributed by atoms with Crippen LogP contribution in [-0.4, -0.2) is 33.3 Å². The third-order valence-electron chi connectivity index (χ3n) is 1.85. The van der Waals surface area contributed by atoms with Crippen LogP contribution in [0.5, 0.6) is 0 Å². The van der Waals surface area contributed by atoms with E-state index in [0.29, 0.717) is 6.42 Å². The fourth-order valence-corrected chi connectivity index (χ4v) is 1.91. The largest absolute Gasteiger partial charge is 0.469 e. The molecule has 1 rings (SSSR count). The van der Waals surface area contributed by atoms with Crippen LogP contribution in [0.15, 0.2) is 6.20 Å². The summed E-state index contributed by atoms with van der Waals surface area (Å²) in [5.74, 6) is 0.598. The van der Waals surface area contributed by atoms with Gasteiger partial charge in [0, 0.05) is 24.2 Å². The Bertz CT molecular complexity index is 327. The lowest BCUT2D eigenvalue weighted by molar-refractivity contribution is -0.140. The number of rotatable bonds is 5. The zero-order chi connectivity index (χ0) is 11.3. The Morgan fingerprint density at radius 2 is 2.47 bits per heavy atom. The van der Waals surface area contributed by atoms with Gasteiger partial charge in [0.25, 0.3) is 0 Å². The molecular formula is C9H15N3O2S. The molecule has 0 N–H and O–H groups in total. The smallest absolute Gasteiger partial charge is 0.306 e. The van der Waals surface area contributed by atoms with Gasteiger partial charge in [-0.05, 0) is 0 Å². The first-order chi connectivity index (χ1) is 7.11. The summed E-state index contributed by atoms with van der Waals surface area (Å²) in [7, 11) is 3.24. The molecule has 5 nitrogen and oxygen atoms in total. The van der Waals surface area contributed by atoms with Gasteiger partial charge >= 0.3 is 5.97 Å². The van der Waals surface area contributed by atoms with E-state index >= 15 is 0 Å². The molecule has 0 radical (unpaired) electrons. The Morgan fingerprint density at radius 1 is 1.73 bits per heavy atom. The van der Waals surface area contributed by atoms with Crippen molar-refractivity contribution in [2.75, 3.05) is 7.11 Å². The zero-order valence-corrected chi connectivity index (χ0v) is 9.95. The second-order valence-corrected chi connectivity index (χ2v) is 4.71. The molecular weight excluding hydrogens is 214 g/mol. The summed E-state index contributed by atoms with van der Waals surface area (Å²) < 4.78 is 6.26. The van der Waals surface area contributed by atoms with Crippen LogP contribution in [-0.2, 0) is 22.3 Å². The van der Waals surface area contributed by atoms with E-state index in [2.05, 4.69) is 15.0 Å². The number of carbonyl (C=O) groups is 1. The molecule has 1 atom stereocenters. The molecule has 0 aromatic carbocycles. The molecule has 0 saturated heterocycles. The van der Waals surface area contributed by atoms with Gasteiger partial charge in [-0.15, -0.1) is 5.10 Å². The second kappa shape index (κ2) is 5.75. The van der Waals surface area contributed by atoms with Gasteiger partial charge in [0.05, 0.1) is 19.2 Å². The summed E-state index contributed by atoms with van der Waals surface area (Å²) >= 11 is 1.67. The monoisotopic (exact) mass is 229 g/mol. The molecule has 1 aromatic rings. The predicted octanol–water partition coefficient (Wildman–Crippen LogP) is 1.000. The molecule has 0 aliphatic rings. The normalized spacial score (nSPS) is 12.5. The third-order valence-corrected chi connectivity index (χ3v) is 3.05. The van der Waals surface area contributed by atoms with E-state index < -0.39 is 0 Å². The van der Waals surface area contributed by atoms with Crippen LogP contribution in [0.4, 0.5) is 0 Å². The van der Waals surface area contributed by atoms with Gasteiger partial charge in [-0.2, -0.15) is 11.8 Å². The lowest BCUT2D eigenvalue weighted by Crippen LogP contribution is -2.08. The minimum atomic E-state index is -0.172. The molecule has 84 valence electrons. The van der Waals surface area contributed by atoms with E-state index in [1.54, 1.807) is 16.4 Å². The fraction of sp³-hybridized carbons (Fsp3) is 0.667. The minimum absolute atomic E-state index is 0.172. The van der Waals surface area contributed by atoms with E-state index in [-0.39, 0.29) is 11.2 Å². The van der Waals surface area contributed by atoms with Crippen LogP contribution in [0.2, 0.25) is 0 Å². The van der Waals surface area contributed by atoms with E-state index in [4.69, 9.17) is 0 Å². The van der Waals surface area contributed by atoms with Crippen LogP contribution in [0.3, 0.4) is 0 Å². The molecule has 1 heterocycles. The third kappa shape index (κ3) is 4.33. The predicted molar refractivity (Wildman–Crippen MR) is 58.4 cm³/mol. The Hall–Kier alpha value is -1.04. The van der Waals surface area contributed by atoms with Gasteiger partial charge in [-0.25, -0.2) is 0 Å². The highest BCUT2D eigenvalue weighted by molar-refractivity contribution is 7.99. The van der Waals surface area contributed by atoms with E-state index in [9.17, 15) is 4.79 Å². The van der Waals surface area contributed by atoms with E-state index in [1.807, 2.05) is 20.2 Å².